The molecule has 2 rings (SSSR count). The van der Waals surface area contributed by atoms with E-state index in [1.807, 2.05) is 0 Å². The number of methoxy groups -OCH3 is 2. The highest BCUT2D eigenvalue weighted by Gasteiger charge is 2.18. The molecule has 0 spiro atoms. The first-order valence-electron chi connectivity index (χ1n) is 6.35. The number of pyridine rings is 1. The summed E-state index contributed by atoms with van der Waals surface area (Å²) in [5.41, 5.74) is 0.793. The van der Waals surface area contributed by atoms with E-state index in [0.29, 0.717) is 16.7 Å². The third-order valence-electron chi connectivity index (χ3n) is 2.91. The maximum Gasteiger partial charge on any atom is 0.356 e. The van der Waals surface area contributed by atoms with Crippen molar-refractivity contribution >= 4 is 22.8 Å². The summed E-state index contributed by atoms with van der Waals surface area (Å²) >= 11 is 0. The first-order valence-corrected chi connectivity index (χ1v) is 6.35. The topological polar surface area (TPSA) is 74.7 Å². The molecule has 0 atom stereocenters. The lowest BCUT2D eigenvalue weighted by molar-refractivity contribution is 0.0520. The number of hydrogen-bond donors (Lipinski definition) is 0. The van der Waals surface area contributed by atoms with Crippen molar-refractivity contribution in [2.45, 2.75) is 6.92 Å². The van der Waals surface area contributed by atoms with E-state index in [9.17, 15) is 9.59 Å². The molecule has 6 heteroatoms. The Bertz CT molecular complexity index is 696. The molecule has 0 aliphatic rings. The van der Waals surface area contributed by atoms with E-state index in [1.54, 1.807) is 25.1 Å². The molecule has 6 nitrogen and oxygen atoms in total. The molecular formula is C15H15NO5. The monoisotopic (exact) mass is 289 g/mol. The van der Waals surface area contributed by atoms with Crippen molar-refractivity contribution in [3.8, 4) is 5.75 Å². The van der Waals surface area contributed by atoms with Crippen molar-refractivity contribution in [1.29, 1.82) is 0 Å². The summed E-state index contributed by atoms with van der Waals surface area (Å²) in [6.45, 7) is 1.93. The van der Waals surface area contributed by atoms with Crippen LogP contribution in [0.1, 0.15) is 27.8 Å². The Morgan fingerprint density at radius 2 is 1.90 bits per heavy atom. The largest absolute Gasteiger partial charge is 0.497 e. The number of hydrogen-bond acceptors (Lipinski definition) is 6. The van der Waals surface area contributed by atoms with Gasteiger partial charge in [0.15, 0.2) is 0 Å². The quantitative estimate of drug-likeness (QED) is 0.803. The number of carbonyl (C=O) groups excluding carboxylic acids is 2. The Hall–Kier alpha value is -2.63. The summed E-state index contributed by atoms with van der Waals surface area (Å²) in [5.74, 6) is -0.556. The molecule has 1 heterocycles. The molecule has 21 heavy (non-hydrogen) atoms. The van der Waals surface area contributed by atoms with Crippen LogP contribution in [0.4, 0.5) is 0 Å². The summed E-state index contributed by atoms with van der Waals surface area (Å²) in [7, 11) is 2.80. The lowest BCUT2D eigenvalue weighted by Crippen LogP contribution is -2.11. The van der Waals surface area contributed by atoms with E-state index in [4.69, 9.17) is 14.2 Å². The van der Waals surface area contributed by atoms with Crippen molar-refractivity contribution < 1.29 is 23.8 Å². The van der Waals surface area contributed by atoms with Gasteiger partial charge in [-0.3, -0.25) is 0 Å². The highest BCUT2D eigenvalue weighted by atomic mass is 16.5. The second-order valence-corrected chi connectivity index (χ2v) is 4.15. The van der Waals surface area contributed by atoms with Gasteiger partial charge in [0.1, 0.15) is 11.4 Å². The minimum atomic E-state index is -0.583. The zero-order valence-corrected chi connectivity index (χ0v) is 12.0. The molecule has 0 saturated heterocycles. The highest BCUT2D eigenvalue weighted by molar-refractivity contribution is 6.06. The molecule has 1 aromatic heterocycles. The number of aromatic nitrogens is 1. The number of ether oxygens (including phenoxy) is 3. The molecule has 0 aliphatic heterocycles. The standard InChI is InChI=1S/C15H15NO5/c1-4-21-15(18)13-8-11(14(17)20-3)10-7-9(19-2)5-6-12(10)16-13/h5-8H,4H2,1-3H3. The number of nitrogens with zero attached hydrogens (tertiary/aromatic N) is 1. The Morgan fingerprint density at radius 3 is 2.52 bits per heavy atom. The fourth-order valence-corrected chi connectivity index (χ4v) is 1.92. The Kier molecular flexibility index (Phi) is 4.37. The molecule has 0 N–H and O–H groups in total. The third-order valence-corrected chi connectivity index (χ3v) is 2.91. The van der Waals surface area contributed by atoms with Crippen LogP contribution in [0.25, 0.3) is 10.9 Å². The van der Waals surface area contributed by atoms with Gasteiger partial charge in [-0.15, -0.1) is 0 Å². The van der Waals surface area contributed by atoms with Crippen LogP contribution in [0.2, 0.25) is 0 Å². The average Bonchev–Trinajstić information content (AvgIpc) is 2.52. The fourth-order valence-electron chi connectivity index (χ4n) is 1.92. The van der Waals surface area contributed by atoms with Crippen LogP contribution in [0.3, 0.4) is 0 Å². The lowest BCUT2D eigenvalue weighted by atomic mass is 10.1. The van der Waals surface area contributed by atoms with Gasteiger partial charge >= 0.3 is 11.9 Å². The van der Waals surface area contributed by atoms with Gasteiger partial charge in [0.05, 0.1) is 31.9 Å². The van der Waals surface area contributed by atoms with Gasteiger partial charge in [-0.05, 0) is 31.2 Å². The molecule has 2 aromatic rings. The summed E-state index contributed by atoms with van der Waals surface area (Å²) in [6, 6.07) is 6.41. The lowest BCUT2D eigenvalue weighted by Gasteiger charge is -2.09. The number of carbonyl (C=O) groups is 2. The number of esters is 2. The minimum absolute atomic E-state index is 0.0647. The molecule has 0 unspecified atom stereocenters. The highest BCUT2D eigenvalue weighted by Crippen LogP contribution is 2.24. The summed E-state index contributed by atoms with van der Waals surface area (Å²) in [6.07, 6.45) is 0. The molecule has 110 valence electrons. The van der Waals surface area contributed by atoms with E-state index < -0.39 is 11.9 Å². The van der Waals surface area contributed by atoms with E-state index in [1.165, 1.54) is 20.3 Å². The van der Waals surface area contributed by atoms with Gasteiger partial charge in [0.2, 0.25) is 0 Å². The van der Waals surface area contributed by atoms with Crippen LogP contribution in [0.15, 0.2) is 24.3 Å². The van der Waals surface area contributed by atoms with Crippen LogP contribution in [0.5, 0.6) is 5.75 Å². The molecular weight excluding hydrogens is 274 g/mol. The van der Waals surface area contributed by atoms with E-state index >= 15 is 0 Å². The molecule has 0 saturated carbocycles. The van der Waals surface area contributed by atoms with E-state index in [2.05, 4.69) is 4.98 Å². The SMILES string of the molecule is CCOC(=O)c1cc(C(=O)OC)c2cc(OC)ccc2n1. The average molecular weight is 289 g/mol. The minimum Gasteiger partial charge on any atom is -0.497 e. The van der Waals surface area contributed by atoms with Crippen molar-refractivity contribution in [3.63, 3.8) is 0 Å². The van der Waals surface area contributed by atoms with Crippen LogP contribution >= 0.6 is 0 Å². The van der Waals surface area contributed by atoms with Crippen LogP contribution < -0.4 is 4.74 Å². The maximum atomic E-state index is 11.9. The zero-order valence-electron chi connectivity index (χ0n) is 12.0. The van der Waals surface area contributed by atoms with Crippen LogP contribution in [-0.2, 0) is 9.47 Å². The van der Waals surface area contributed by atoms with Gasteiger partial charge in [-0.25, -0.2) is 14.6 Å². The van der Waals surface area contributed by atoms with Crippen molar-refractivity contribution in [3.05, 3.63) is 35.5 Å². The normalized spacial score (nSPS) is 10.2. The molecule has 1 aromatic carbocycles. The van der Waals surface area contributed by atoms with Gasteiger partial charge in [-0.1, -0.05) is 0 Å². The van der Waals surface area contributed by atoms with Crippen LogP contribution in [-0.4, -0.2) is 37.7 Å². The van der Waals surface area contributed by atoms with Crippen molar-refractivity contribution in [2.75, 3.05) is 20.8 Å². The second kappa shape index (κ2) is 6.21. The van der Waals surface area contributed by atoms with Gasteiger partial charge in [0, 0.05) is 5.39 Å². The first kappa shape index (κ1) is 14.8. The molecule has 0 radical (unpaired) electrons. The predicted molar refractivity (Wildman–Crippen MR) is 75.6 cm³/mol. The van der Waals surface area contributed by atoms with Crippen molar-refractivity contribution in [2.24, 2.45) is 0 Å². The zero-order chi connectivity index (χ0) is 15.4. The molecule has 0 aliphatic carbocycles. The number of benzene rings is 1. The predicted octanol–water partition coefficient (Wildman–Crippen LogP) is 2.21. The number of fused-ring (bicyclic) bond motifs is 1. The molecule has 0 amide bonds. The van der Waals surface area contributed by atoms with E-state index in [-0.39, 0.29) is 17.9 Å². The number of rotatable bonds is 4. The first-order chi connectivity index (χ1) is 10.1. The van der Waals surface area contributed by atoms with Gasteiger partial charge in [-0.2, -0.15) is 0 Å². The Morgan fingerprint density at radius 1 is 1.14 bits per heavy atom. The fraction of sp³-hybridized carbons (Fsp3) is 0.267. The van der Waals surface area contributed by atoms with Gasteiger partial charge < -0.3 is 14.2 Å². The smallest absolute Gasteiger partial charge is 0.356 e. The molecule has 0 fully saturated rings. The maximum absolute atomic E-state index is 11.9. The van der Waals surface area contributed by atoms with Crippen LogP contribution in [0, 0.1) is 0 Å². The van der Waals surface area contributed by atoms with E-state index in [0.717, 1.165) is 0 Å². The summed E-state index contributed by atoms with van der Waals surface area (Å²) in [4.78, 5) is 27.9. The summed E-state index contributed by atoms with van der Waals surface area (Å²) in [5, 5.41) is 0.550. The van der Waals surface area contributed by atoms with Crippen molar-refractivity contribution in [1.82, 2.24) is 4.98 Å². The Balaban J connectivity index is 2.66. The third kappa shape index (κ3) is 2.94. The molecule has 0 bridgehead atoms. The Labute approximate surface area is 121 Å². The van der Waals surface area contributed by atoms with Gasteiger partial charge in [0.25, 0.3) is 0 Å². The second-order valence-electron chi connectivity index (χ2n) is 4.15. The summed E-state index contributed by atoms with van der Waals surface area (Å²) < 4.78 is 14.8.